The molecular weight excluding hydrogens is 350 g/mol. The lowest BCUT2D eigenvalue weighted by Gasteiger charge is -2.22. The molecule has 0 fully saturated rings. The lowest BCUT2D eigenvalue weighted by Crippen LogP contribution is -2.29. The van der Waals surface area contributed by atoms with E-state index in [9.17, 15) is 4.79 Å². The third-order valence-electron chi connectivity index (χ3n) is 4.46. The van der Waals surface area contributed by atoms with Crippen LogP contribution in [0.2, 0.25) is 0 Å². The largest absolute Gasteiger partial charge is 0.483 e. The summed E-state index contributed by atoms with van der Waals surface area (Å²) in [5.74, 6) is 0.621. The fraction of sp³-hybridized carbons (Fsp3) is 0.304. The molecule has 0 radical (unpaired) electrons. The van der Waals surface area contributed by atoms with E-state index in [1.807, 2.05) is 47.2 Å². The van der Waals surface area contributed by atoms with Crippen LogP contribution >= 0.6 is 0 Å². The van der Waals surface area contributed by atoms with Crippen LogP contribution in [-0.2, 0) is 23.3 Å². The van der Waals surface area contributed by atoms with Gasteiger partial charge in [-0.2, -0.15) is 0 Å². The summed E-state index contributed by atoms with van der Waals surface area (Å²) in [6.45, 7) is 7.63. The molecule has 0 saturated carbocycles. The minimum Gasteiger partial charge on any atom is -0.483 e. The second-order valence-corrected chi connectivity index (χ2v) is 7.87. The normalized spacial score (nSPS) is 11.2. The number of benzene rings is 2. The maximum absolute atomic E-state index is 12.2. The molecule has 1 aromatic heterocycles. The molecule has 0 saturated heterocycles. The molecule has 0 bridgehead atoms. The van der Waals surface area contributed by atoms with Gasteiger partial charge < -0.3 is 14.6 Å². The Bertz CT molecular complexity index is 912. The molecule has 0 unspecified atom stereocenters. The molecule has 5 nitrogen and oxygen atoms in total. The average Bonchev–Trinajstić information content (AvgIpc) is 3.17. The first-order chi connectivity index (χ1) is 13.4. The summed E-state index contributed by atoms with van der Waals surface area (Å²) in [6.07, 6.45) is 5.49. The summed E-state index contributed by atoms with van der Waals surface area (Å²) in [4.78, 5) is 16.3. The zero-order chi connectivity index (χ0) is 20.0. The number of imidazole rings is 1. The predicted molar refractivity (Wildman–Crippen MR) is 110 cm³/mol. The van der Waals surface area contributed by atoms with Gasteiger partial charge in [-0.25, -0.2) is 4.98 Å². The lowest BCUT2D eigenvalue weighted by atomic mass is 9.86. The number of nitrogens with zero attached hydrogens (tertiary/aromatic N) is 2. The fourth-order valence-electron chi connectivity index (χ4n) is 3.04. The molecule has 28 heavy (non-hydrogen) atoms. The van der Waals surface area contributed by atoms with Gasteiger partial charge in [0.2, 0.25) is 0 Å². The summed E-state index contributed by atoms with van der Waals surface area (Å²) in [5, 5.41) is 2.93. The van der Waals surface area contributed by atoms with Crippen LogP contribution in [0, 0.1) is 0 Å². The summed E-state index contributed by atoms with van der Waals surface area (Å²) < 4.78 is 7.80. The number of ether oxygens (including phenoxy) is 1. The SMILES string of the molecule is CC(C)(C)c1ccccc1OCC(=O)NCc1cccc(Cn2ccnc2)c1. The van der Waals surface area contributed by atoms with Crippen molar-refractivity contribution in [1.82, 2.24) is 14.9 Å². The van der Waals surface area contributed by atoms with E-state index in [0.717, 1.165) is 23.4 Å². The van der Waals surface area contributed by atoms with E-state index in [-0.39, 0.29) is 17.9 Å². The van der Waals surface area contributed by atoms with E-state index in [1.54, 1.807) is 12.5 Å². The number of hydrogen-bond donors (Lipinski definition) is 1. The van der Waals surface area contributed by atoms with Crippen LogP contribution in [0.1, 0.15) is 37.5 Å². The Morgan fingerprint density at radius 3 is 2.64 bits per heavy atom. The zero-order valence-corrected chi connectivity index (χ0v) is 16.7. The van der Waals surface area contributed by atoms with E-state index in [1.165, 1.54) is 5.56 Å². The van der Waals surface area contributed by atoms with Crippen LogP contribution in [0.5, 0.6) is 5.75 Å². The first kappa shape index (κ1) is 19.7. The van der Waals surface area contributed by atoms with Crippen molar-refractivity contribution in [3.63, 3.8) is 0 Å². The minimum atomic E-state index is -0.135. The number of para-hydroxylation sites is 1. The summed E-state index contributed by atoms with van der Waals surface area (Å²) >= 11 is 0. The van der Waals surface area contributed by atoms with Crippen molar-refractivity contribution in [3.05, 3.63) is 83.9 Å². The number of aromatic nitrogens is 2. The highest BCUT2D eigenvalue weighted by Crippen LogP contribution is 2.30. The van der Waals surface area contributed by atoms with E-state index < -0.39 is 0 Å². The minimum absolute atomic E-state index is 0.00181. The smallest absolute Gasteiger partial charge is 0.258 e. The number of carbonyl (C=O) groups is 1. The molecular formula is C23H27N3O2. The van der Waals surface area contributed by atoms with Gasteiger partial charge in [0.15, 0.2) is 6.61 Å². The molecule has 0 aliphatic heterocycles. The van der Waals surface area contributed by atoms with Gasteiger partial charge in [-0.1, -0.05) is 63.2 Å². The second-order valence-electron chi connectivity index (χ2n) is 7.87. The summed E-state index contributed by atoms with van der Waals surface area (Å²) in [6, 6.07) is 16.0. The number of hydrogen-bond acceptors (Lipinski definition) is 3. The monoisotopic (exact) mass is 377 g/mol. The van der Waals surface area contributed by atoms with Crippen molar-refractivity contribution in [2.75, 3.05) is 6.61 Å². The van der Waals surface area contributed by atoms with Crippen LogP contribution < -0.4 is 10.1 Å². The first-order valence-electron chi connectivity index (χ1n) is 9.44. The summed E-state index contributed by atoms with van der Waals surface area (Å²) in [5.41, 5.74) is 3.28. The van der Waals surface area contributed by atoms with E-state index in [2.05, 4.69) is 43.2 Å². The fourth-order valence-corrected chi connectivity index (χ4v) is 3.04. The van der Waals surface area contributed by atoms with Crippen molar-refractivity contribution in [1.29, 1.82) is 0 Å². The van der Waals surface area contributed by atoms with Crippen LogP contribution in [0.25, 0.3) is 0 Å². The number of nitrogens with one attached hydrogen (secondary N) is 1. The van der Waals surface area contributed by atoms with Crippen LogP contribution in [0.15, 0.2) is 67.3 Å². The maximum atomic E-state index is 12.2. The number of rotatable bonds is 7. The molecule has 2 aromatic carbocycles. The van der Waals surface area contributed by atoms with E-state index >= 15 is 0 Å². The highest BCUT2D eigenvalue weighted by atomic mass is 16.5. The van der Waals surface area contributed by atoms with Crippen molar-refractivity contribution >= 4 is 5.91 Å². The third kappa shape index (κ3) is 5.46. The van der Waals surface area contributed by atoms with E-state index in [0.29, 0.717) is 6.54 Å². The molecule has 1 N–H and O–H groups in total. The van der Waals surface area contributed by atoms with Gasteiger partial charge in [-0.05, 0) is 28.2 Å². The Morgan fingerprint density at radius 1 is 1.11 bits per heavy atom. The lowest BCUT2D eigenvalue weighted by molar-refractivity contribution is -0.123. The standard InChI is InChI=1S/C23H27N3O2/c1-23(2,3)20-9-4-5-10-21(20)28-16-22(27)25-14-18-7-6-8-19(13-18)15-26-12-11-24-17-26/h4-13,17H,14-16H2,1-3H3,(H,25,27). The molecule has 3 rings (SSSR count). The zero-order valence-electron chi connectivity index (χ0n) is 16.7. The van der Waals surface area contributed by atoms with Crippen molar-refractivity contribution in [2.45, 2.75) is 39.3 Å². The molecule has 146 valence electrons. The molecule has 0 aliphatic rings. The predicted octanol–water partition coefficient (Wildman–Crippen LogP) is 3.92. The molecule has 0 atom stereocenters. The second kappa shape index (κ2) is 8.74. The van der Waals surface area contributed by atoms with Crippen molar-refractivity contribution in [3.8, 4) is 5.75 Å². The Morgan fingerprint density at radius 2 is 1.89 bits per heavy atom. The van der Waals surface area contributed by atoms with Crippen LogP contribution in [0.3, 0.4) is 0 Å². The molecule has 0 aliphatic carbocycles. The Labute approximate surface area is 166 Å². The van der Waals surface area contributed by atoms with Gasteiger partial charge in [-0.3, -0.25) is 4.79 Å². The third-order valence-corrected chi connectivity index (χ3v) is 4.46. The van der Waals surface area contributed by atoms with Gasteiger partial charge in [0.05, 0.1) is 6.33 Å². The van der Waals surface area contributed by atoms with Crippen LogP contribution in [-0.4, -0.2) is 22.1 Å². The van der Waals surface area contributed by atoms with E-state index in [4.69, 9.17) is 4.74 Å². The molecule has 5 heteroatoms. The number of amides is 1. The van der Waals surface area contributed by atoms with Crippen LogP contribution in [0.4, 0.5) is 0 Å². The highest BCUT2D eigenvalue weighted by molar-refractivity contribution is 5.77. The van der Waals surface area contributed by atoms with Gasteiger partial charge >= 0.3 is 0 Å². The van der Waals surface area contributed by atoms with Gasteiger partial charge in [0, 0.05) is 25.5 Å². The topological polar surface area (TPSA) is 56.1 Å². The van der Waals surface area contributed by atoms with Gasteiger partial charge in [0.1, 0.15) is 5.75 Å². The number of carbonyl (C=O) groups excluding carboxylic acids is 1. The van der Waals surface area contributed by atoms with Gasteiger partial charge in [-0.15, -0.1) is 0 Å². The molecule has 1 amide bonds. The van der Waals surface area contributed by atoms with Gasteiger partial charge in [0.25, 0.3) is 5.91 Å². The average molecular weight is 377 g/mol. The first-order valence-corrected chi connectivity index (χ1v) is 9.44. The Kier molecular flexibility index (Phi) is 6.14. The maximum Gasteiger partial charge on any atom is 0.258 e. The summed E-state index contributed by atoms with van der Waals surface area (Å²) in [7, 11) is 0. The molecule has 1 heterocycles. The Hall–Kier alpha value is -3.08. The molecule has 3 aromatic rings. The quantitative estimate of drug-likeness (QED) is 0.679. The van der Waals surface area contributed by atoms with Crippen molar-refractivity contribution in [2.24, 2.45) is 0 Å². The molecule has 0 spiro atoms. The Balaban J connectivity index is 1.53. The van der Waals surface area contributed by atoms with Crippen molar-refractivity contribution < 1.29 is 9.53 Å². The highest BCUT2D eigenvalue weighted by Gasteiger charge is 2.18.